The van der Waals surface area contributed by atoms with Gasteiger partial charge in [-0.3, -0.25) is 9.59 Å². The van der Waals surface area contributed by atoms with E-state index in [0.717, 1.165) is 17.7 Å². The molecule has 0 aliphatic carbocycles. The van der Waals surface area contributed by atoms with Gasteiger partial charge in [-0.05, 0) is 36.2 Å². The van der Waals surface area contributed by atoms with Crippen LogP contribution in [0.4, 0.5) is 14.5 Å². The maximum Gasteiger partial charge on any atom is 0.313 e. The van der Waals surface area contributed by atoms with E-state index in [1.807, 2.05) is 6.07 Å². The number of carbonyl (C=O) groups is 2. The van der Waals surface area contributed by atoms with Gasteiger partial charge in [0.2, 0.25) is 5.91 Å². The number of amides is 1. The van der Waals surface area contributed by atoms with E-state index in [4.69, 9.17) is 9.84 Å². The molecule has 27 heavy (non-hydrogen) atoms. The molecule has 0 heterocycles. The Morgan fingerprint density at radius 1 is 1.15 bits per heavy atom. The van der Waals surface area contributed by atoms with Gasteiger partial charge in [0.1, 0.15) is 5.82 Å². The molecule has 0 atom stereocenters. The topological polar surface area (TPSA) is 75.6 Å². The van der Waals surface area contributed by atoms with Crippen molar-refractivity contribution in [3.05, 3.63) is 59.7 Å². The van der Waals surface area contributed by atoms with E-state index in [-0.39, 0.29) is 30.4 Å². The molecule has 0 aliphatic heterocycles. The number of nitrogens with one attached hydrogen (secondary N) is 1. The zero-order valence-corrected chi connectivity index (χ0v) is 15.2. The van der Waals surface area contributed by atoms with Crippen LogP contribution in [0.25, 0.3) is 0 Å². The number of carboxylic acid groups (broad SMARTS) is 1. The lowest BCUT2D eigenvalue weighted by Crippen LogP contribution is -2.13. The first-order valence-corrected chi connectivity index (χ1v) is 9.35. The van der Waals surface area contributed by atoms with Crippen LogP contribution in [0.1, 0.15) is 18.4 Å². The molecular formula is C19H19F2NO4S. The second-order valence-corrected chi connectivity index (χ2v) is 6.65. The van der Waals surface area contributed by atoms with Crippen molar-refractivity contribution in [2.45, 2.75) is 18.6 Å². The van der Waals surface area contributed by atoms with Gasteiger partial charge >= 0.3 is 5.97 Å². The molecule has 8 heteroatoms. The molecule has 0 unspecified atom stereocenters. The summed E-state index contributed by atoms with van der Waals surface area (Å²) in [5.74, 6) is -2.04. The SMILES string of the molecule is O=C(O)CSCc1cccc(NC(=O)CCCOc2ccc(F)cc2F)c1. The maximum absolute atomic E-state index is 13.4. The average Bonchev–Trinajstić information content (AvgIpc) is 2.60. The molecule has 2 aromatic carbocycles. The Balaban J connectivity index is 1.73. The fourth-order valence-corrected chi connectivity index (χ4v) is 2.92. The summed E-state index contributed by atoms with van der Waals surface area (Å²) in [4.78, 5) is 22.5. The molecule has 0 aromatic heterocycles. The van der Waals surface area contributed by atoms with E-state index in [0.29, 0.717) is 17.9 Å². The largest absolute Gasteiger partial charge is 0.491 e. The van der Waals surface area contributed by atoms with Gasteiger partial charge < -0.3 is 15.2 Å². The number of hydrogen-bond donors (Lipinski definition) is 2. The van der Waals surface area contributed by atoms with Crippen LogP contribution in [0.3, 0.4) is 0 Å². The summed E-state index contributed by atoms with van der Waals surface area (Å²) in [6, 6.07) is 10.2. The number of ether oxygens (including phenoxy) is 1. The molecule has 2 N–H and O–H groups in total. The molecule has 0 radical (unpaired) electrons. The monoisotopic (exact) mass is 395 g/mol. The molecule has 0 saturated heterocycles. The van der Waals surface area contributed by atoms with E-state index >= 15 is 0 Å². The molecule has 0 aliphatic rings. The number of thioether (sulfide) groups is 1. The predicted molar refractivity (Wildman–Crippen MR) is 100.0 cm³/mol. The molecular weight excluding hydrogens is 376 g/mol. The second kappa shape index (κ2) is 10.5. The molecule has 0 fully saturated rings. The summed E-state index contributed by atoms with van der Waals surface area (Å²) in [5, 5.41) is 11.4. The Labute approximate surface area is 159 Å². The van der Waals surface area contributed by atoms with Crippen molar-refractivity contribution in [1.82, 2.24) is 0 Å². The highest BCUT2D eigenvalue weighted by molar-refractivity contribution is 7.99. The van der Waals surface area contributed by atoms with E-state index in [1.165, 1.54) is 17.8 Å². The summed E-state index contributed by atoms with van der Waals surface area (Å²) in [7, 11) is 0. The maximum atomic E-state index is 13.4. The van der Waals surface area contributed by atoms with Crippen LogP contribution < -0.4 is 10.1 Å². The summed E-state index contributed by atoms with van der Waals surface area (Å²) in [5.41, 5.74) is 1.54. The number of benzene rings is 2. The van der Waals surface area contributed by atoms with Crippen molar-refractivity contribution < 1.29 is 28.2 Å². The third-order valence-corrected chi connectivity index (χ3v) is 4.39. The average molecular weight is 395 g/mol. The van der Waals surface area contributed by atoms with E-state index in [1.54, 1.807) is 18.2 Å². The minimum atomic E-state index is -0.868. The number of halogens is 2. The zero-order valence-electron chi connectivity index (χ0n) is 14.4. The molecule has 144 valence electrons. The van der Waals surface area contributed by atoms with Crippen LogP contribution in [0.15, 0.2) is 42.5 Å². The first kappa shape index (κ1) is 20.7. The molecule has 1 amide bonds. The van der Waals surface area contributed by atoms with Gasteiger partial charge in [0.05, 0.1) is 12.4 Å². The molecule has 2 rings (SSSR count). The predicted octanol–water partition coefficient (Wildman–Crippen LogP) is 4.08. The fourth-order valence-electron chi connectivity index (χ4n) is 2.23. The summed E-state index contributed by atoms with van der Waals surface area (Å²) >= 11 is 1.28. The molecule has 5 nitrogen and oxygen atoms in total. The van der Waals surface area contributed by atoms with Crippen LogP contribution >= 0.6 is 11.8 Å². The highest BCUT2D eigenvalue weighted by Gasteiger charge is 2.07. The standard InChI is InChI=1S/C19H19F2NO4S/c20-14-6-7-17(16(21)10-14)26-8-2-5-18(23)22-15-4-1-3-13(9-15)11-27-12-19(24)25/h1,3-4,6-7,9-10H,2,5,8,11-12H2,(H,22,23)(H,24,25). The van der Waals surface area contributed by atoms with Gasteiger partial charge in [-0.2, -0.15) is 0 Å². The van der Waals surface area contributed by atoms with Crippen molar-refractivity contribution in [2.75, 3.05) is 17.7 Å². The lowest BCUT2D eigenvalue weighted by Gasteiger charge is -2.09. The Bertz CT molecular complexity index is 801. The van der Waals surface area contributed by atoms with Crippen molar-refractivity contribution in [3.8, 4) is 5.75 Å². The fraction of sp³-hybridized carbons (Fsp3) is 0.263. The van der Waals surface area contributed by atoms with Gasteiger partial charge in [0.15, 0.2) is 11.6 Å². The zero-order chi connectivity index (χ0) is 19.6. The van der Waals surface area contributed by atoms with Gasteiger partial charge in [0.25, 0.3) is 0 Å². The Hall–Kier alpha value is -2.61. The van der Waals surface area contributed by atoms with E-state index in [9.17, 15) is 18.4 Å². The van der Waals surface area contributed by atoms with Crippen LogP contribution in [-0.2, 0) is 15.3 Å². The molecule has 0 saturated carbocycles. The van der Waals surface area contributed by atoms with Crippen LogP contribution in [0.2, 0.25) is 0 Å². The van der Waals surface area contributed by atoms with E-state index in [2.05, 4.69) is 5.32 Å². The third-order valence-electron chi connectivity index (χ3n) is 3.40. The highest BCUT2D eigenvalue weighted by atomic mass is 32.2. The van der Waals surface area contributed by atoms with Gasteiger partial charge in [-0.25, -0.2) is 8.78 Å². The van der Waals surface area contributed by atoms with Gasteiger partial charge in [-0.1, -0.05) is 12.1 Å². The quantitative estimate of drug-likeness (QED) is 0.593. The van der Waals surface area contributed by atoms with Gasteiger partial charge in [0, 0.05) is 23.9 Å². The summed E-state index contributed by atoms with van der Waals surface area (Å²) in [6.07, 6.45) is 0.553. The van der Waals surface area contributed by atoms with Gasteiger partial charge in [-0.15, -0.1) is 11.8 Å². The lowest BCUT2D eigenvalue weighted by atomic mass is 10.2. The van der Waals surface area contributed by atoms with E-state index < -0.39 is 17.6 Å². The number of anilines is 1. The molecule has 2 aromatic rings. The van der Waals surface area contributed by atoms with Crippen LogP contribution in [0, 0.1) is 11.6 Å². The van der Waals surface area contributed by atoms with Crippen molar-refractivity contribution in [2.24, 2.45) is 0 Å². The van der Waals surface area contributed by atoms with Crippen molar-refractivity contribution >= 4 is 29.3 Å². The van der Waals surface area contributed by atoms with Crippen molar-refractivity contribution in [3.63, 3.8) is 0 Å². The Morgan fingerprint density at radius 2 is 1.96 bits per heavy atom. The minimum Gasteiger partial charge on any atom is -0.491 e. The lowest BCUT2D eigenvalue weighted by molar-refractivity contribution is -0.133. The number of carboxylic acids is 1. The number of carbonyl (C=O) groups excluding carboxylic acids is 1. The van der Waals surface area contributed by atoms with Crippen LogP contribution in [-0.4, -0.2) is 29.3 Å². The van der Waals surface area contributed by atoms with Crippen LogP contribution in [0.5, 0.6) is 5.75 Å². The number of rotatable bonds is 10. The second-order valence-electron chi connectivity index (χ2n) is 5.66. The molecule has 0 bridgehead atoms. The Morgan fingerprint density at radius 3 is 2.70 bits per heavy atom. The Kier molecular flexibility index (Phi) is 8.06. The highest BCUT2D eigenvalue weighted by Crippen LogP contribution is 2.19. The smallest absolute Gasteiger partial charge is 0.313 e. The summed E-state index contributed by atoms with van der Waals surface area (Å²) in [6.45, 7) is 0.127. The molecule has 0 spiro atoms. The minimum absolute atomic E-state index is 0.0191. The number of aliphatic carboxylic acids is 1. The first-order chi connectivity index (χ1) is 12.9. The third kappa shape index (κ3) is 7.65. The first-order valence-electron chi connectivity index (χ1n) is 8.20. The summed E-state index contributed by atoms with van der Waals surface area (Å²) < 4.78 is 31.4. The number of hydrogen-bond acceptors (Lipinski definition) is 4. The van der Waals surface area contributed by atoms with Crippen molar-refractivity contribution in [1.29, 1.82) is 0 Å². The normalized spacial score (nSPS) is 10.4.